The van der Waals surface area contributed by atoms with E-state index in [1.165, 1.54) is 0 Å². The Labute approximate surface area is 161 Å². The molecule has 3 nitrogen and oxygen atoms in total. The van der Waals surface area contributed by atoms with Crippen LogP contribution in [-0.2, 0) is 11.2 Å². The topological polar surface area (TPSA) is 35.5 Å². The molecule has 0 heterocycles. The van der Waals surface area contributed by atoms with Crippen LogP contribution in [0.25, 0.3) is 6.08 Å². The second kappa shape index (κ2) is 10.1. The highest BCUT2D eigenvalue weighted by molar-refractivity contribution is 7.81. The van der Waals surface area contributed by atoms with Gasteiger partial charge in [0.2, 0.25) is 0 Å². The van der Waals surface area contributed by atoms with Gasteiger partial charge < -0.3 is 9.47 Å². The van der Waals surface area contributed by atoms with Gasteiger partial charge in [-0.1, -0.05) is 43.8 Å². The molecule has 0 N–H and O–H groups in total. The zero-order valence-electron chi connectivity index (χ0n) is 15.7. The lowest BCUT2D eigenvalue weighted by atomic mass is 9.97. The molecule has 1 aliphatic rings. The van der Waals surface area contributed by atoms with E-state index in [0.717, 1.165) is 40.3 Å². The number of carbonyl (C=O) groups is 1. The van der Waals surface area contributed by atoms with Crippen molar-refractivity contribution in [3.05, 3.63) is 53.6 Å². The fraction of sp³-hybridized carbons (Fsp3) is 0.364. The molecule has 0 bridgehead atoms. The van der Waals surface area contributed by atoms with E-state index < -0.39 is 0 Å². The molecule has 4 heteroatoms. The first-order valence-electron chi connectivity index (χ1n) is 9.14. The van der Waals surface area contributed by atoms with Gasteiger partial charge in [0.15, 0.2) is 5.78 Å². The number of hydrogen-bond donors (Lipinski definition) is 0. The minimum absolute atomic E-state index is 0.00536. The average Bonchev–Trinajstić information content (AvgIpc) is 2.64. The first-order chi connectivity index (χ1) is 12.6. The lowest BCUT2D eigenvalue weighted by Gasteiger charge is -2.17. The lowest BCUT2D eigenvalue weighted by molar-refractivity contribution is -0.115. The average molecular weight is 371 g/mol. The smallest absolute Gasteiger partial charge is 0.166 e. The van der Waals surface area contributed by atoms with Gasteiger partial charge in [-0.3, -0.25) is 4.79 Å². The summed E-state index contributed by atoms with van der Waals surface area (Å²) >= 11 is 5.08. The van der Waals surface area contributed by atoms with E-state index in [-0.39, 0.29) is 11.7 Å². The number of benzene rings is 1. The van der Waals surface area contributed by atoms with Gasteiger partial charge in [-0.05, 0) is 56.2 Å². The van der Waals surface area contributed by atoms with Crippen molar-refractivity contribution < 1.29 is 14.3 Å². The molecule has 0 unspecified atom stereocenters. The van der Waals surface area contributed by atoms with E-state index in [1.807, 2.05) is 44.2 Å². The van der Waals surface area contributed by atoms with Crippen LogP contribution in [0.2, 0.25) is 0 Å². The van der Waals surface area contributed by atoms with Gasteiger partial charge in [0.05, 0.1) is 24.7 Å². The first-order valence-corrected chi connectivity index (χ1v) is 9.55. The summed E-state index contributed by atoms with van der Waals surface area (Å²) in [6.07, 6.45) is 12.6. The van der Waals surface area contributed by atoms with E-state index in [2.05, 4.69) is 6.92 Å². The maximum atomic E-state index is 12.5. The predicted octanol–water partition coefficient (Wildman–Crippen LogP) is 5.13. The zero-order valence-corrected chi connectivity index (χ0v) is 16.5. The van der Waals surface area contributed by atoms with E-state index in [1.54, 1.807) is 18.2 Å². The van der Waals surface area contributed by atoms with Gasteiger partial charge in [0, 0.05) is 4.86 Å². The van der Waals surface area contributed by atoms with Crippen molar-refractivity contribution in [3.63, 3.8) is 0 Å². The minimum atomic E-state index is -0.275. The molecule has 26 heavy (non-hydrogen) atoms. The van der Waals surface area contributed by atoms with Crippen LogP contribution in [0.15, 0.2) is 42.5 Å². The van der Waals surface area contributed by atoms with Crippen LogP contribution in [0, 0.1) is 5.92 Å². The lowest BCUT2D eigenvalue weighted by Crippen LogP contribution is -2.10. The number of hydrogen-bond acceptors (Lipinski definition) is 4. The minimum Gasteiger partial charge on any atom is -0.493 e. The van der Waals surface area contributed by atoms with E-state index >= 15 is 0 Å². The van der Waals surface area contributed by atoms with Crippen molar-refractivity contribution in [3.8, 4) is 11.5 Å². The number of ketones is 1. The van der Waals surface area contributed by atoms with Gasteiger partial charge >= 0.3 is 0 Å². The number of allylic oxidation sites excluding steroid dienone is 5. The van der Waals surface area contributed by atoms with Crippen molar-refractivity contribution in [2.45, 2.75) is 33.6 Å². The Balaban J connectivity index is 2.36. The van der Waals surface area contributed by atoms with Crippen molar-refractivity contribution in [1.82, 2.24) is 0 Å². The molecule has 2 rings (SSSR count). The normalized spacial score (nSPS) is 14.2. The maximum absolute atomic E-state index is 12.5. The summed E-state index contributed by atoms with van der Waals surface area (Å²) in [5.74, 6) is 1.27. The number of rotatable bonds is 9. The van der Waals surface area contributed by atoms with Crippen molar-refractivity contribution in [2.24, 2.45) is 5.92 Å². The second-order valence-electron chi connectivity index (χ2n) is 5.96. The molecule has 0 radical (unpaired) electrons. The highest BCUT2D eigenvalue weighted by Gasteiger charge is 2.16. The highest BCUT2D eigenvalue weighted by Crippen LogP contribution is 2.35. The first kappa shape index (κ1) is 20.1. The van der Waals surface area contributed by atoms with Crippen LogP contribution in [0.4, 0.5) is 0 Å². The standard InChI is InChI=1S/C22H26O3S/c1-4-7-17-10-15-21(24-5-2)19(22(17)25-6-3)13-14-20(23)16-8-11-18(26)12-9-16/h8-16H,4-7H2,1-3H3/b14-13+. The molecule has 138 valence electrons. The molecule has 0 aromatic heterocycles. The molecule has 0 fully saturated rings. The fourth-order valence-electron chi connectivity index (χ4n) is 2.83. The van der Waals surface area contributed by atoms with E-state index in [9.17, 15) is 4.79 Å². The molecule has 0 saturated heterocycles. The van der Waals surface area contributed by atoms with Gasteiger partial charge in [0.25, 0.3) is 0 Å². The van der Waals surface area contributed by atoms with Gasteiger partial charge in [0.1, 0.15) is 11.5 Å². The summed E-state index contributed by atoms with van der Waals surface area (Å²) in [6.45, 7) is 7.16. The third-order valence-electron chi connectivity index (χ3n) is 4.02. The Bertz CT molecular complexity index is 728. The molecule has 1 aromatic carbocycles. The Morgan fingerprint density at radius 2 is 1.81 bits per heavy atom. The molecule has 0 aliphatic heterocycles. The third kappa shape index (κ3) is 5.15. The molecule has 0 atom stereocenters. The van der Waals surface area contributed by atoms with Crippen LogP contribution in [0.1, 0.15) is 38.3 Å². The quantitative estimate of drug-likeness (QED) is 0.446. The maximum Gasteiger partial charge on any atom is 0.166 e. The van der Waals surface area contributed by atoms with Crippen molar-refractivity contribution >= 4 is 28.9 Å². The van der Waals surface area contributed by atoms with Crippen LogP contribution in [0.5, 0.6) is 11.5 Å². The van der Waals surface area contributed by atoms with Crippen LogP contribution >= 0.6 is 12.2 Å². The van der Waals surface area contributed by atoms with Crippen LogP contribution < -0.4 is 9.47 Å². The molecule has 0 amide bonds. The van der Waals surface area contributed by atoms with E-state index in [4.69, 9.17) is 21.7 Å². The number of aryl methyl sites for hydroxylation is 1. The monoisotopic (exact) mass is 370 g/mol. The van der Waals surface area contributed by atoms with Gasteiger partial charge in [-0.25, -0.2) is 0 Å². The second-order valence-corrected chi connectivity index (χ2v) is 6.44. The number of thiocarbonyl (C=S) groups is 1. The summed E-state index contributed by atoms with van der Waals surface area (Å²) < 4.78 is 11.7. The Kier molecular flexibility index (Phi) is 7.79. The number of ether oxygens (including phenoxy) is 2. The number of carbonyl (C=O) groups excluding carboxylic acids is 1. The Morgan fingerprint density at radius 1 is 1.12 bits per heavy atom. The summed E-state index contributed by atoms with van der Waals surface area (Å²) in [7, 11) is 0. The summed E-state index contributed by atoms with van der Waals surface area (Å²) in [6, 6.07) is 4.01. The fourth-order valence-corrected chi connectivity index (χ4v) is 2.99. The van der Waals surface area contributed by atoms with Crippen molar-refractivity contribution in [2.75, 3.05) is 13.2 Å². The van der Waals surface area contributed by atoms with Gasteiger partial charge in [-0.15, -0.1) is 0 Å². The highest BCUT2D eigenvalue weighted by atomic mass is 32.1. The molecule has 0 spiro atoms. The van der Waals surface area contributed by atoms with Crippen molar-refractivity contribution in [1.29, 1.82) is 0 Å². The molecular formula is C22H26O3S. The van der Waals surface area contributed by atoms with Gasteiger partial charge in [-0.2, -0.15) is 0 Å². The zero-order chi connectivity index (χ0) is 18.9. The predicted molar refractivity (Wildman–Crippen MR) is 111 cm³/mol. The SMILES string of the molecule is CCCc1ccc(OCC)c(/C=C/C(=O)C2C=CC(=S)C=C2)c1OCC. The molecule has 1 aromatic rings. The Hall–Kier alpha value is -2.20. The van der Waals surface area contributed by atoms with E-state index in [0.29, 0.717) is 13.2 Å². The summed E-state index contributed by atoms with van der Waals surface area (Å²) in [5, 5.41) is 0. The molecule has 1 aliphatic carbocycles. The summed E-state index contributed by atoms with van der Waals surface area (Å²) in [4.78, 5) is 13.3. The summed E-state index contributed by atoms with van der Waals surface area (Å²) in [5.41, 5.74) is 1.96. The van der Waals surface area contributed by atoms with Crippen LogP contribution in [0.3, 0.4) is 0 Å². The van der Waals surface area contributed by atoms with Crippen LogP contribution in [-0.4, -0.2) is 23.9 Å². The molecule has 0 saturated carbocycles. The molecular weight excluding hydrogens is 344 g/mol. The Morgan fingerprint density at radius 3 is 2.42 bits per heavy atom. The largest absolute Gasteiger partial charge is 0.493 e. The third-order valence-corrected chi connectivity index (χ3v) is 4.30.